The summed E-state index contributed by atoms with van der Waals surface area (Å²) in [6, 6.07) is 24.2. The van der Waals surface area contributed by atoms with Crippen LogP contribution in [0.3, 0.4) is 0 Å². The molecule has 0 unspecified atom stereocenters. The predicted octanol–water partition coefficient (Wildman–Crippen LogP) is 7.04. The molecule has 8 bridgehead atoms. The Morgan fingerprint density at radius 1 is 0.386 bits per heavy atom. The van der Waals surface area contributed by atoms with Crippen LogP contribution in [0.5, 0.6) is 0 Å². The van der Waals surface area contributed by atoms with Gasteiger partial charge < -0.3 is 30.7 Å². The number of fused-ring (bicyclic) bond motifs is 9. The Morgan fingerprint density at radius 2 is 0.754 bits per heavy atom. The molecule has 0 radical (unpaired) electrons. The summed E-state index contributed by atoms with van der Waals surface area (Å²) >= 11 is 0. The van der Waals surface area contributed by atoms with Gasteiger partial charge in [0.2, 0.25) is 0 Å². The number of H-pyrrole nitrogens is 2. The molecule has 1 aromatic carbocycles. The molecule has 0 saturated carbocycles. The van der Waals surface area contributed by atoms with E-state index in [-0.39, 0.29) is 42.3 Å². The van der Waals surface area contributed by atoms with Crippen molar-refractivity contribution in [3.63, 3.8) is 0 Å². The van der Waals surface area contributed by atoms with E-state index < -0.39 is 0 Å². The molecule has 5 aliphatic rings. The van der Waals surface area contributed by atoms with Gasteiger partial charge in [-0.2, -0.15) is 0 Å². The van der Waals surface area contributed by atoms with Crippen molar-refractivity contribution in [1.29, 1.82) is 0 Å². The number of hydrogen-bond acceptors (Lipinski definition) is 4. The predicted molar refractivity (Wildman–Crippen MR) is 219 cm³/mol. The minimum atomic E-state index is -0.0890. The standard InChI is InChI=1S/C47H31N5O3.H2O.Zn/c53-31-12-5-28(6-13-31)44-35-19-21-37(49-35)45(29-7-14-32(54)15-8-29)39-23-25-42(51-39)47(41-18-11-27-3-1-2-4-34(27)48-41)43-26-24-40(52-43)46(38-22-20-36(44)50-38)30-9-16-33(55)17-10-30;;/h1-26H,(H5,48,49,50,51,52,53,54,55);1H2;/q;;+2/p-1. The first-order chi connectivity index (χ1) is 26.9. The van der Waals surface area contributed by atoms with Crippen molar-refractivity contribution >= 4 is 51.4 Å². The fourth-order valence-electron chi connectivity index (χ4n) is 7.53. The number of aromatic nitrogens is 4. The molecular weight excluding hydrogens is 764 g/mol. The van der Waals surface area contributed by atoms with Crippen LogP contribution in [0.1, 0.15) is 51.1 Å². The number of rotatable bonds is 0. The molecule has 6 heterocycles. The van der Waals surface area contributed by atoms with Crippen LogP contribution in [-0.2, 0) is 39.3 Å². The van der Waals surface area contributed by atoms with Crippen molar-refractivity contribution < 1.29 is 39.3 Å². The first-order valence-electron chi connectivity index (χ1n) is 17.9. The Morgan fingerprint density at radius 3 is 1.18 bits per heavy atom. The van der Waals surface area contributed by atoms with Gasteiger partial charge in [-0.15, -0.1) is 22.8 Å². The van der Waals surface area contributed by atoms with Crippen molar-refractivity contribution in [3.8, 4) is 0 Å². The number of carbonyl (C=O) groups excluding carboxylic acids is 3. The summed E-state index contributed by atoms with van der Waals surface area (Å²) < 4.78 is 0. The van der Waals surface area contributed by atoms with E-state index in [9.17, 15) is 14.4 Å². The van der Waals surface area contributed by atoms with E-state index in [0.717, 1.165) is 90.1 Å². The van der Waals surface area contributed by atoms with E-state index in [2.05, 4.69) is 39.6 Å². The number of nitrogens with zero attached hydrogens (tertiary/aromatic N) is 2. The number of carbonyl (C=O) groups is 3. The second kappa shape index (κ2) is 14.8. The average Bonchev–Trinajstić information content (AvgIpc) is 4.05. The van der Waals surface area contributed by atoms with Crippen molar-refractivity contribution in [2.75, 3.05) is 5.32 Å². The Kier molecular flexibility index (Phi) is 9.59. The van der Waals surface area contributed by atoms with Crippen LogP contribution < -0.4 is 15.3 Å². The van der Waals surface area contributed by atoms with Gasteiger partial charge in [0, 0.05) is 39.7 Å². The molecule has 9 nitrogen and oxygen atoms in total. The van der Waals surface area contributed by atoms with Gasteiger partial charge in [0.15, 0.2) is 17.3 Å². The zero-order valence-electron chi connectivity index (χ0n) is 30.4. The van der Waals surface area contributed by atoms with E-state index in [1.54, 1.807) is 36.5 Å². The minimum absolute atomic E-state index is 0. The Hall–Kier alpha value is -7.13. The molecule has 0 saturated heterocycles. The largest absolute Gasteiger partial charge is 2.00 e. The summed E-state index contributed by atoms with van der Waals surface area (Å²) in [6.45, 7) is 0. The molecule has 2 aliphatic heterocycles. The van der Waals surface area contributed by atoms with Gasteiger partial charge in [-0.25, -0.2) is 0 Å². The third-order valence-corrected chi connectivity index (χ3v) is 10.1. The number of para-hydroxylation sites is 1. The number of hydrogen-bond donors (Lipinski definition) is 3. The van der Waals surface area contributed by atoms with Gasteiger partial charge in [-0.1, -0.05) is 85.0 Å². The monoisotopic (exact) mass is 794 g/mol. The summed E-state index contributed by atoms with van der Waals surface area (Å²) in [5.74, 6) is -0.253. The molecule has 0 fully saturated rings. The molecule has 4 aromatic heterocycles. The molecule has 0 atom stereocenters. The topological polar surface area (TPSA) is 156 Å². The minimum Gasteiger partial charge on any atom is -0.657 e. The quantitative estimate of drug-likeness (QED) is 0.111. The van der Waals surface area contributed by atoms with Gasteiger partial charge in [0.25, 0.3) is 0 Å². The summed E-state index contributed by atoms with van der Waals surface area (Å²) in [7, 11) is 0. The number of anilines is 1. The van der Waals surface area contributed by atoms with Crippen molar-refractivity contribution in [3.05, 3.63) is 225 Å². The van der Waals surface area contributed by atoms with Crippen molar-refractivity contribution in [2.24, 2.45) is 0 Å². The second-order valence-electron chi connectivity index (χ2n) is 13.5. The van der Waals surface area contributed by atoms with E-state index in [4.69, 9.17) is 9.97 Å². The number of ketones is 3. The smallest absolute Gasteiger partial charge is 0.657 e. The summed E-state index contributed by atoms with van der Waals surface area (Å²) in [4.78, 5) is 54.7. The average molecular weight is 796 g/mol. The maximum Gasteiger partial charge on any atom is 2.00 e. The first kappa shape index (κ1) is 36.8. The Labute approximate surface area is 339 Å². The Balaban J connectivity index is 0.00000228. The Bertz CT molecular complexity index is 2700. The third kappa shape index (κ3) is 6.67. The van der Waals surface area contributed by atoms with Crippen LogP contribution in [0.4, 0.5) is 5.69 Å². The van der Waals surface area contributed by atoms with Gasteiger partial charge in [0.1, 0.15) is 0 Å². The molecule has 3 aliphatic carbocycles. The van der Waals surface area contributed by atoms with Crippen LogP contribution in [0.2, 0.25) is 0 Å². The van der Waals surface area contributed by atoms with Crippen LogP contribution in [0.25, 0.3) is 28.4 Å². The van der Waals surface area contributed by atoms with Crippen LogP contribution in [-0.4, -0.2) is 27.3 Å². The third-order valence-electron chi connectivity index (χ3n) is 10.1. The zero-order chi connectivity index (χ0) is 37.0. The van der Waals surface area contributed by atoms with Gasteiger partial charge >= 0.3 is 19.5 Å². The van der Waals surface area contributed by atoms with Gasteiger partial charge in [-0.3, -0.25) is 14.4 Å². The summed E-state index contributed by atoms with van der Waals surface area (Å²) in [5, 5.41) is 3.65. The number of nitrogens with one attached hydrogen (secondary N) is 3. The number of benzene rings is 1. The van der Waals surface area contributed by atoms with Crippen molar-refractivity contribution in [2.45, 2.75) is 0 Å². The molecule has 6 N–H and O–H groups in total. The number of aromatic amines is 2. The molecule has 0 amide bonds. The normalized spacial score (nSPS) is 17.9. The second-order valence-corrected chi connectivity index (χ2v) is 13.5. The maximum absolute atomic E-state index is 12.3. The van der Waals surface area contributed by atoms with Gasteiger partial charge in [-0.05, 0) is 112 Å². The van der Waals surface area contributed by atoms with Crippen molar-refractivity contribution in [1.82, 2.24) is 19.9 Å². The van der Waals surface area contributed by atoms with E-state index in [0.29, 0.717) is 11.4 Å². The molecule has 5 aromatic rings. The fourth-order valence-corrected chi connectivity index (χ4v) is 7.53. The van der Waals surface area contributed by atoms with E-state index in [1.165, 1.54) is 0 Å². The maximum atomic E-state index is 12.3. The number of allylic oxidation sites excluding steroid dienone is 16. The molecule has 10 rings (SSSR count). The van der Waals surface area contributed by atoms with Crippen LogP contribution >= 0.6 is 0 Å². The fraction of sp³-hybridized carbons (Fsp3) is 0. The van der Waals surface area contributed by atoms with Crippen LogP contribution in [0.15, 0.2) is 174 Å². The molecule has 270 valence electrons. The van der Waals surface area contributed by atoms with Gasteiger partial charge in [0.05, 0.1) is 0 Å². The summed E-state index contributed by atoms with van der Waals surface area (Å²) in [6.07, 6.45) is 24.4. The SMILES string of the molecule is O=C1C=CC(=C2c3ccc([n-]3)C(=C3C=CC(=O)C=C3)c3ccc([nH]3)C(=C3C=Cc4ccccc4N3)c3ccc([n-]3)C(=C3C=CC(=O)C=C3)c3ccc2[nH]3)C=C1.[OH3+].[Zn+2]. The molecule has 10 heteroatoms. The molecule has 57 heavy (non-hydrogen) atoms. The molecular formula is C47H32N5O4Zn+. The zero-order valence-corrected chi connectivity index (χ0v) is 33.4. The first-order valence-corrected chi connectivity index (χ1v) is 17.9. The van der Waals surface area contributed by atoms with Crippen LogP contribution in [0, 0.1) is 0 Å². The summed E-state index contributed by atoms with van der Waals surface area (Å²) in [5.41, 5.74) is 14.8. The molecule has 0 spiro atoms. The van der Waals surface area contributed by atoms with E-state index in [1.807, 2.05) is 97.1 Å². The van der Waals surface area contributed by atoms with E-state index >= 15 is 0 Å².